The van der Waals surface area contributed by atoms with Crippen LogP contribution in [0.15, 0.2) is 83.8 Å². The van der Waals surface area contributed by atoms with Crippen molar-refractivity contribution in [3.05, 3.63) is 106 Å². The molecule has 11 nitrogen and oxygen atoms in total. The Morgan fingerprint density at radius 3 is 2.52 bits per heavy atom. The zero-order chi connectivity index (χ0) is 33.1. The van der Waals surface area contributed by atoms with E-state index >= 15 is 4.39 Å². The topological polar surface area (TPSA) is 140 Å². The van der Waals surface area contributed by atoms with Gasteiger partial charge < -0.3 is 25.3 Å². The number of aromatic nitrogens is 3. The van der Waals surface area contributed by atoms with Gasteiger partial charge in [0, 0.05) is 36.5 Å². The van der Waals surface area contributed by atoms with E-state index in [0.717, 1.165) is 18.9 Å². The minimum atomic E-state index is -0.704. The van der Waals surface area contributed by atoms with Crippen LogP contribution in [0.2, 0.25) is 0 Å². The predicted molar refractivity (Wildman–Crippen MR) is 181 cm³/mol. The number of carbonyl (C=O) groups is 2. The van der Waals surface area contributed by atoms with Crippen molar-refractivity contribution in [2.24, 2.45) is 12.8 Å². The summed E-state index contributed by atoms with van der Waals surface area (Å²) < 4.78 is 35.5. The average molecular weight is 676 g/mol. The van der Waals surface area contributed by atoms with Gasteiger partial charge in [0.15, 0.2) is 11.6 Å². The minimum absolute atomic E-state index is 0. The van der Waals surface area contributed by atoms with Gasteiger partial charge in [0.2, 0.25) is 0 Å². The second-order valence-electron chi connectivity index (χ2n) is 11.4. The van der Waals surface area contributed by atoms with Gasteiger partial charge >= 0.3 is 5.97 Å². The quantitative estimate of drug-likeness (QED) is 0.124. The summed E-state index contributed by atoms with van der Waals surface area (Å²) in [5.74, 6) is -0.797. The van der Waals surface area contributed by atoms with Crippen LogP contribution in [-0.2, 0) is 16.6 Å². The smallest absolute Gasteiger partial charge is 0.320 e. The Hall–Kier alpha value is -5.20. The molecular weight excluding hydrogens is 641 g/mol. The molecule has 0 unspecified atom stereocenters. The summed E-state index contributed by atoms with van der Waals surface area (Å²) in [5.41, 5.74) is 6.28. The van der Waals surface area contributed by atoms with Gasteiger partial charge in [-0.25, -0.2) is 9.07 Å². The van der Waals surface area contributed by atoms with Crippen molar-refractivity contribution in [2.75, 3.05) is 18.5 Å². The van der Waals surface area contributed by atoms with Crippen LogP contribution >= 0.6 is 12.4 Å². The van der Waals surface area contributed by atoms with Gasteiger partial charge in [0.1, 0.15) is 22.7 Å². The number of nitrogens with two attached hydrogens (primary N) is 1. The van der Waals surface area contributed by atoms with Crippen LogP contribution in [0, 0.1) is 12.7 Å². The second-order valence-corrected chi connectivity index (χ2v) is 11.4. The number of nitrogens with one attached hydrogen (secondary N) is 1. The van der Waals surface area contributed by atoms with Crippen LogP contribution in [0.3, 0.4) is 0 Å². The summed E-state index contributed by atoms with van der Waals surface area (Å²) in [6.45, 7) is 1.99. The number of benzene rings is 3. The molecular formula is C35H35ClFN5O6. The van der Waals surface area contributed by atoms with Crippen LogP contribution in [-0.4, -0.2) is 45.0 Å². The summed E-state index contributed by atoms with van der Waals surface area (Å²) >= 11 is 0. The molecule has 1 amide bonds. The van der Waals surface area contributed by atoms with Gasteiger partial charge in [-0.3, -0.25) is 24.0 Å². The van der Waals surface area contributed by atoms with Crippen molar-refractivity contribution in [1.29, 1.82) is 0 Å². The fraction of sp³-hybridized carbons (Fsp3) is 0.257. The average Bonchev–Trinajstić information content (AvgIpc) is 3.79. The lowest BCUT2D eigenvalue weighted by atomic mass is 10.1. The first kappa shape index (κ1) is 34.1. The van der Waals surface area contributed by atoms with E-state index in [1.54, 1.807) is 73.4 Å². The zero-order valence-electron chi connectivity index (χ0n) is 26.4. The molecule has 250 valence electrons. The molecule has 1 aliphatic carbocycles. The fourth-order valence-corrected chi connectivity index (χ4v) is 5.49. The molecule has 0 saturated heterocycles. The maximum absolute atomic E-state index is 15.2. The highest BCUT2D eigenvalue weighted by Crippen LogP contribution is 2.43. The Bertz CT molecular complexity index is 2030. The number of halogens is 2. The summed E-state index contributed by atoms with van der Waals surface area (Å²) in [4.78, 5) is 42.3. The number of ether oxygens (including phenoxy) is 3. The Morgan fingerprint density at radius 2 is 1.81 bits per heavy atom. The zero-order valence-corrected chi connectivity index (χ0v) is 27.2. The van der Waals surface area contributed by atoms with E-state index in [-0.39, 0.29) is 36.0 Å². The van der Waals surface area contributed by atoms with Crippen molar-refractivity contribution in [3.8, 4) is 22.9 Å². The molecule has 5 aromatic rings. The molecule has 0 radical (unpaired) electrons. The summed E-state index contributed by atoms with van der Waals surface area (Å²) in [5, 5.41) is 3.28. The molecule has 3 N–H and O–H groups in total. The molecule has 48 heavy (non-hydrogen) atoms. The van der Waals surface area contributed by atoms with E-state index in [1.807, 2.05) is 6.07 Å². The first-order valence-corrected chi connectivity index (χ1v) is 15.2. The molecule has 3 aromatic carbocycles. The number of carbonyl (C=O) groups excluding carboxylic acids is 2. The highest BCUT2D eigenvalue weighted by Gasteiger charge is 2.45. The van der Waals surface area contributed by atoms with Crippen LogP contribution in [0.25, 0.3) is 16.6 Å². The lowest BCUT2D eigenvalue weighted by molar-refractivity contribution is -0.149. The highest BCUT2D eigenvalue weighted by atomic mass is 35.5. The Labute approximate surface area is 281 Å². The van der Waals surface area contributed by atoms with Crippen LogP contribution in [0.4, 0.5) is 10.1 Å². The van der Waals surface area contributed by atoms with Gasteiger partial charge in [-0.05, 0) is 75.1 Å². The lowest BCUT2D eigenvalue weighted by Gasteiger charge is -2.16. The molecule has 0 aliphatic heterocycles. The number of esters is 1. The second kappa shape index (κ2) is 14.3. The number of rotatable bonds is 12. The maximum atomic E-state index is 15.2. The number of hydrogen-bond acceptors (Lipinski definition) is 8. The Morgan fingerprint density at radius 1 is 1.04 bits per heavy atom. The number of amides is 1. The van der Waals surface area contributed by atoms with E-state index in [2.05, 4.69) is 10.3 Å². The molecule has 1 saturated carbocycles. The SMILES string of the molecule is Cc1c(C(=O)Nc2ccc(Oc3ccnc4cc(OCCCC5(OC(=O)CN)CC5)ccc34)c(F)c2)c(=O)n(-c2ccccc2)n1C.Cl. The first-order chi connectivity index (χ1) is 22.7. The first-order valence-electron chi connectivity index (χ1n) is 15.2. The van der Waals surface area contributed by atoms with E-state index in [9.17, 15) is 14.4 Å². The van der Waals surface area contributed by atoms with Crippen molar-refractivity contribution in [2.45, 2.75) is 38.2 Å². The van der Waals surface area contributed by atoms with Crippen LogP contribution in [0.1, 0.15) is 41.7 Å². The largest absolute Gasteiger partial charge is 0.494 e. The van der Waals surface area contributed by atoms with Crippen molar-refractivity contribution >= 4 is 40.9 Å². The highest BCUT2D eigenvalue weighted by molar-refractivity contribution is 6.05. The maximum Gasteiger partial charge on any atom is 0.320 e. The molecule has 2 aromatic heterocycles. The standard InChI is InChI=1S/C35H34FN5O6.ClH/c1-22-32(34(44)41(40(22)2)24-7-4-3-5-8-24)33(43)39-23-9-12-30(27(36)19-23)46-29-13-17-38-28-20-25(10-11-26(28)29)45-18-6-14-35(15-16-35)47-31(42)21-37;/h3-5,7-13,17,19-20H,6,14-16,18,21,37H2,1-2H3,(H,39,43);1H. The molecule has 1 aliphatic rings. The van der Waals surface area contributed by atoms with Crippen molar-refractivity contribution < 1.29 is 28.2 Å². The number of hydrogen-bond donors (Lipinski definition) is 2. The number of nitrogens with zero attached hydrogens (tertiary/aromatic N) is 3. The molecule has 1 fully saturated rings. The monoisotopic (exact) mass is 675 g/mol. The fourth-order valence-electron chi connectivity index (χ4n) is 5.49. The van der Waals surface area contributed by atoms with Gasteiger partial charge in [0.05, 0.1) is 30.0 Å². The minimum Gasteiger partial charge on any atom is -0.494 e. The third kappa shape index (κ3) is 7.19. The summed E-state index contributed by atoms with van der Waals surface area (Å²) in [7, 11) is 1.69. The molecule has 0 bridgehead atoms. The molecule has 6 rings (SSSR count). The van der Waals surface area contributed by atoms with Gasteiger partial charge in [-0.15, -0.1) is 12.4 Å². The third-order valence-corrected chi connectivity index (χ3v) is 8.22. The van der Waals surface area contributed by atoms with Crippen LogP contribution in [0.5, 0.6) is 17.2 Å². The Kier molecular flexibility index (Phi) is 10.2. The Balaban J connectivity index is 0.00000451. The molecule has 2 heterocycles. The number of fused-ring (bicyclic) bond motifs is 1. The van der Waals surface area contributed by atoms with Gasteiger partial charge in [-0.1, -0.05) is 18.2 Å². The molecule has 0 atom stereocenters. The van der Waals surface area contributed by atoms with Crippen molar-refractivity contribution in [1.82, 2.24) is 14.3 Å². The summed E-state index contributed by atoms with van der Waals surface area (Å²) in [6, 6.07) is 20.0. The molecule has 13 heteroatoms. The van der Waals surface area contributed by atoms with E-state index in [1.165, 1.54) is 16.8 Å². The number of anilines is 1. The lowest BCUT2D eigenvalue weighted by Crippen LogP contribution is -2.25. The molecule has 0 spiro atoms. The number of para-hydroxylation sites is 1. The number of pyridine rings is 1. The van der Waals surface area contributed by atoms with Gasteiger partial charge in [-0.2, -0.15) is 0 Å². The van der Waals surface area contributed by atoms with Crippen LogP contribution < -0.4 is 26.1 Å². The predicted octanol–water partition coefficient (Wildman–Crippen LogP) is 5.83. The van der Waals surface area contributed by atoms with Gasteiger partial charge in [0.25, 0.3) is 11.5 Å². The summed E-state index contributed by atoms with van der Waals surface area (Å²) in [6.07, 6.45) is 4.64. The van der Waals surface area contributed by atoms with E-state index in [4.69, 9.17) is 19.9 Å². The van der Waals surface area contributed by atoms with E-state index < -0.39 is 28.9 Å². The van der Waals surface area contributed by atoms with E-state index in [0.29, 0.717) is 53.2 Å². The van der Waals surface area contributed by atoms with Crippen molar-refractivity contribution in [3.63, 3.8) is 0 Å². The normalized spacial score (nSPS) is 13.0. The third-order valence-electron chi connectivity index (χ3n) is 8.22.